The van der Waals surface area contributed by atoms with Gasteiger partial charge < -0.3 is 14.5 Å². The number of aromatic amines is 1. The lowest BCUT2D eigenvalue weighted by Gasteiger charge is -2.19. The molecule has 1 heterocycles. The largest absolute Gasteiger partial charge is 0.490 e. The van der Waals surface area contributed by atoms with Gasteiger partial charge in [0.25, 0.3) is 0 Å². The molecule has 0 aliphatic carbocycles. The Kier molecular flexibility index (Phi) is 7.06. The van der Waals surface area contributed by atoms with Gasteiger partial charge in [-0.2, -0.15) is 0 Å². The molecule has 1 aromatic heterocycles. The van der Waals surface area contributed by atoms with Crippen LogP contribution in [0.3, 0.4) is 0 Å². The highest BCUT2D eigenvalue weighted by molar-refractivity contribution is 6.32. The standard InChI is InChI=1S/C25H22Cl2N2O4/c1-2-32-24-12-17(11-22(27)25(24)33-15-16-7-9-18(26)10-8-16)21(14-29(30)31)20-13-28-23-6-4-3-5-19(20)23/h3-13,21,28H,2,14-15H2,1H3/t21-/m1/s1. The van der Waals surface area contributed by atoms with E-state index in [1.54, 1.807) is 24.3 Å². The number of para-hydroxylation sites is 1. The number of fused-ring (bicyclic) bond motifs is 1. The summed E-state index contributed by atoms with van der Waals surface area (Å²) >= 11 is 12.6. The van der Waals surface area contributed by atoms with E-state index in [0.717, 1.165) is 22.0 Å². The number of benzene rings is 3. The van der Waals surface area contributed by atoms with Crippen LogP contribution in [0.4, 0.5) is 0 Å². The van der Waals surface area contributed by atoms with Gasteiger partial charge in [0.1, 0.15) is 6.61 Å². The van der Waals surface area contributed by atoms with Crippen molar-refractivity contribution in [2.24, 2.45) is 0 Å². The maximum atomic E-state index is 11.6. The Hall–Kier alpha value is -3.22. The van der Waals surface area contributed by atoms with Crippen LogP contribution in [0.2, 0.25) is 10.0 Å². The van der Waals surface area contributed by atoms with Crippen LogP contribution in [0, 0.1) is 10.1 Å². The zero-order chi connectivity index (χ0) is 23.4. The van der Waals surface area contributed by atoms with E-state index in [1.807, 2.05) is 49.5 Å². The minimum Gasteiger partial charge on any atom is -0.490 e. The molecule has 33 heavy (non-hydrogen) atoms. The maximum absolute atomic E-state index is 11.6. The van der Waals surface area contributed by atoms with Gasteiger partial charge >= 0.3 is 0 Å². The molecule has 0 bridgehead atoms. The van der Waals surface area contributed by atoms with Crippen LogP contribution in [0.1, 0.15) is 29.5 Å². The van der Waals surface area contributed by atoms with Crippen molar-refractivity contribution < 1.29 is 14.4 Å². The molecule has 1 atom stereocenters. The number of ether oxygens (including phenoxy) is 2. The Morgan fingerprint density at radius 1 is 1.06 bits per heavy atom. The Bertz CT molecular complexity index is 1270. The van der Waals surface area contributed by atoms with E-state index in [-0.39, 0.29) is 18.1 Å². The van der Waals surface area contributed by atoms with Gasteiger partial charge in [0.15, 0.2) is 11.5 Å². The summed E-state index contributed by atoms with van der Waals surface area (Å²) in [6.45, 7) is 2.24. The third-order valence-electron chi connectivity index (χ3n) is 5.36. The molecule has 0 spiro atoms. The van der Waals surface area contributed by atoms with E-state index in [9.17, 15) is 10.1 Å². The normalized spacial score (nSPS) is 12.0. The molecule has 0 radical (unpaired) electrons. The van der Waals surface area contributed by atoms with E-state index in [2.05, 4.69) is 4.98 Å². The molecule has 4 aromatic rings. The lowest BCUT2D eigenvalue weighted by molar-refractivity contribution is -0.481. The number of nitrogens with one attached hydrogen (secondary N) is 1. The quantitative estimate of drug-likeness (QED) is 0.208. The monoisotopic (exact) mass is 484 g/mol. The molecule has 8 heteroatoms. The van der Waals surface area contributed by atoms with E-state index >= 15 is 0 Å². The van der Waals surface area contributed by atoms with E-state index in [4.69, 9.17) is 32.7 Å². The zero-order valence-electron chi connectivity index (χ0n) is 17.9. The smallest absolute Gasteiger partial charge is 0.214 e. The molecule has 0 aliphatic rings. The molecule has 0 aliphatic heterocycles. The Morgan fingerprint density at radius 3 is 2.55 bits per heavy atom. The van der Waals surface area contributed by atoms with Gasteiger partial charge in [-0.25, -0.2) is 0 Å². The van der Waals surface area contributed by atoms with Gasteiger partial charge in [0.2, 0.25) is 6.54 Å². The van der Waals surface area contributed by atoms with Gasteiger partial charge in [-0.3, -0.25) is 10.1 Å². The summed E-state index contributed by atoms with van der Waals surface area (Å²) in [6, 6.07) is 18.5. The average Bonchev–Trinajstić information content (AvgIpc) is 3.22. The zero-order valence-corrected chi connectivity index (χ0v) is 19.4. The summed E-state index contributed by atoms with van der Waals surface area (Å²) < 4.78 is 11.8. The molecule has 0 unspecified atom stereocenters. The summed E-state index contributed by atoms with van der Waals surface area (Å²) in [5, 5.41) is 13.5. The van der Waals surface area contributed by atoms with Crippen molar-refractivity contribution in [3.63, 3.8) is 0 Å². The molecule has 6 nitrogen and oxygen atoms in total. The fraction of sp³-hybridized carbons (Fsp3) is 0.200. The minimum absolute atomic E-state index is 0.275. The minimum atomic E-state index is -0.516. The molecular formula is C25H22Cl2N2O4. The van der Waals surface area contributed by atoms with Crippen LogP contribution in [-0.2, 0) is 6.61 Å². The molecule has 0 amide bonds. The molecule has 4 rings (SSSR count). The molecule has 0 fully saturated rings. The summed E-state index contributed by atoms with van der Waals surface area (Å²) in [5.41, 5.74) is 3.35. The number of halogens is 2. The maximum Gasteiger partial charge on any atom is 0.214 e. The fourth-order valence-corrected chi connectivity index (χ4v) is 4.24. The molecular weight excluding hydrogens is 463 g/mol. The lowest BCUT2D eigenvalue weighted by atomic mass is 9.90. The highest BCUT2D eigenvalue weighted by atomic mass is 35.5. The second-order valence-corrected chi connectivity index (χ2v) is 8.38. The SMILES string of the molecule is CCOc1cc([C@@H](C[N+](=O)[O-])c2c[nH]c3ccccc23)cc(Cl)c1OCc1ccc(Cl)cc1. The third-order valence-corrected chi connectivity index (χ3v) is 5.89. The topological polar surface area (TPSA) is 77.4 Å². The van der Waals surface area contributed by atoms with Gasteiger partial charge in [-0.05, 0) is 53.9 Å². The fourth-order valence-electron chi connectivity index (χ4n) is 3.84. The summed E-state index contributed by atoms with van der Waals surface area (Å²) in [6.07, 6.45) is 1.82. The van der Waals surface area contributed by atoms with Crippen LogP contribution < -0.4 is 9.47 Å². The number of hydrogen-bond acceptors (Lipinski definition) is 4. The predicted molar refractivity (Wildman–Crippen MR) is 130 cm³/mol. The van der Waals surface area contributed by atoms with Gasteiger partial charge in [0, 0.05) is 27.0 Å². The van der Waals surface area contributed by atoms with Crippen molar-refractivity contribution in [2.45, 2.75) is 19.4 Å². The van der Waals surface area contributed by atoms with E-state index in [0.29, 0.717) is 33.7 Å². The predicted octanol–water partition coefficient (Wildman–Crippen LogP) is 6.86. The highest BCUT2D eigenvalue weighted by Gasteiger charge is 2.26. The first-order valence-electron chi connectivity index (χ1n) is 10.5. The Balaban J connectivity index is 1.72. The average molecular weight is 485 g/mol. The number of H-pyrrole nitrogens is 1. The number of nitro groups is 1. The van der Waals surface area contributed by atoms with Crippen molar-refractivity contribution in [1.29, 1.82) is 0 Å². The van der Waals surface area contributed by atoms with Gasteiger partial charge in [-0.15, -0.1) is 0 Å². The first-order chi connectivity index (χ1) is 16.0. The Labute approximate surface area is 201 Å². The summed E-state index contributed by atoms with van der Waals surface area (Å²) in [7, 11) is 0. The summed E-state index contributed by atoms with van der Waals surface area (Å²) in [5.74, 6) is 0.330. The molecule has 170 valence electrons. The van der Waals surface area contributed by atoms with Crippen LogP contribution >= 0.6 is 23.2 Å². The van der Waals surface area contributed by atoms with Gasteiger partial charge in [-0.1, -0.05) is 53.5 Å². The number of hydrogen-bond donors (Lipinski definition) is 1. The van der Waals surface area contributed by atoms with Crippen LogP contribution in [0.25, 0.3) is 10.9 Å². The van der Waals surface area contributed by atoms with E-state index < -0.39 is 5.92 Å². The van der Waals surface area contributed by atoms with Crippen LogP contribution in [0.5, 0.6) is 11.5 Å². The molecule has 1 N–H and O–H groups in total. The molecule has 0 saturated heterocycles. The number of rotatable bonds is 9. The number of aromatic nitrogens is 1. The first kappa shape index (κ1) is 23.0. The van der Waals surface area contributed by atoms with Crippen LogP contribution in [0.15, 0.2) is 66.9 Å². The lowest BCUT2D eigenvalue weighted by Crippen LogP contribution is -2.14. The van der Waals surface area contributed by atoms with E-state index in [1.165, 1.54) is 0 Å². The molecule has 0 saturated carbocycles. The van der Waals surface area contributed by atoms with Crippen molar-refractivity contribution in [3.05, 3.63) is 104 Å². The number of nitrogens with zero attached hydrogens (tertiary/aromatic N) is 1. The van der Waals surface area contributed by atoms with Crippen molar-refractivity contribution in [1.82, 2.24) is 4.98 Å². The summed E-state index contributed by atoms with van der Waals surface area (Å²) in [4.78, 5) is 14.4. The first-order valence-corrected chi connectivity index (χ1v) is 11.2. The second kappa shape index (κ2) is 10.1. The van der Waals surface area contributed by atoms with Crippen molar-refractivity contribution in [3.8, 4) is 11.5 Å². The van der Waals surface area contributed by atoms with Crippen molar-refractivity contribution in [2.75, 3.05) is 13.2 Å². The van der Waals surface area contributed by atoms with Gasteiger partial charge in [0.05, 0.1) is 17.5 Å². The third kappa shape index (κ3) is 5.24. The Morgan fingerprint density at radius 2 is 1.82 bits per heavy atom. The highest BCUT2D eigenvalue weighted by Crippen LogP contribution is 2.41. The second-order valence-electron chi connectivity index (χ2n) is 7.54. The molecule has 3 aromatic carbocycles. The van der Waals surface area contributed by atoms with Crippen molar-refractivity contribution >= 4 is 34.1 Å². The van der Waals surface area contributed by atoms with Crippen LogP contribution in [-0.4, -0.2) is 23.1 Å².